The standard InChI is InChI=1S/C14H11BrN2O2/c15-13-6-7-14(19-13)18-12-8-16-17(10-12)9-11-4-2-1-3-5-11/h1-8,10H,9H2. The highest BCUT2D eigenvalue weighted by Crippen LogP contribution is 2.25. The van der Waals surface area contributed by atoms with Gasteiger partial charge in [-0.2, -0.15) is 5.10 Å². The number of nitrogens with zero attached hydrogens (tertiary/aromatic N) is 2. The van der Waals surface area contributed by atoms with Gasteiger partial charge in [0.1, 0.15) is 0 Å². The largest absolute Gasteiger partial charge is 0.423 e. The third-order valence-electron chi connectivity index (χ3n) is 2.56. The van der Waals surface area contributed by atoms with Crippen molar-refractivity contribution in [3.05, 3.63) is 65.1 Å². The van der Waals surface area contributed by atoms with E-state index in [-0.39, 0.29) is 0 Å². The SMILES string of the molecule is Brc1ccc(Oc2cnn(Cc3ccccc3)c2)o1. The molecule has 0 radical (unpaired) electrons. The predicted molar refractivity (Wildman–Crippen MR) is 74.3 cm³/mol. The van der Waals surface area contributed by atoms with Crippen LogP contribution in [0.25, 0.3) is 0 Å². The summed E-state index contributed by atoms with van der Waals surface area (Å²) in [6.45, 7) is 0.714. The molecule has 0 aliphatic carbocycles. The number of rotatable bonds is 4. The monoisotopic (exact) mass is 318 g/mol. The molecule has 0 unspecified atom stereocenters. The molecule has 0 aliphatic heterocycles. The number of furan rings is 1. The molecule has 0 fully saturated rings. The fourth-order valence-corrected chi connectivity index (χ4v) is 2.01. The van der Waals surface area contributed by atoms with E-state index in [1.807, 2.05) is 29.1 Å². The second-order valence-corrected chi connectivity index (χ2v) is 4.80. The smallest absolute Gasteiger partial charge is 0.291 e. The van der Waals surface area contributed by atoms with Crippen LogP contribution in [-0.4, -0.2) is 9.78 Å². The van der Waals surface area contributed by atoms with Gasteiger partial charge in [0.2, 0.25) is 0 Å². The highest BCUT2D eigenvalue weighted by Gasteiger charge is 2.05. The molecule has 2 heterocycles. The van der Waals surface area contributed by atoms with Crippen molar-refractivity contribution in [3.63, 3.8) is 0 Å². The Bertz CT molecular complexity index is 661. The van der Waals surface area contributed by atoms with Gasteiger partial charge in [0.05, 0.1) is 18.9 Å². The minimum atomic E-state index is 0.436. The van der Waals surface area contributed by atoms with Crippen LogP contribution in [0.3, 0.4) is 0 Å². The quantitative estimate of drug-likeness (QED) is 0.727. The Kier molecular flexibility index (Phi) is 3.37. The number of aromatic nitrogens is 2. The number of ether oxygens (including phenoxy) is 1. The first-order valence-electron chi connectivity index (χ1n) is 5.79. The molecule has 3 aromatic rings. The minimum Gasteiger partial charge on any atom is -0.423 e. The average Bonchev–Trinajstić information content (AvgIpc) is 3.01. The summed E-state index contributed by atoms with van der Waals surface area (Å²) < 4.78 is 13.3. The van der Waals surface area contributed by atoms with E-state index in [1.54, 1.807) is 18.3 Å². The van der Waals surface area contributed by atoms with Gasteiger partial charge in [-0.05, 0) is 27.6 Å². The van der Waals surface area contributed by atoms with Crippen LogP contribution in [-0.2, 0) is 6.54 Å². The Morgan fingerprint density at radius 3 is 2.74 bits per heavy atom. The number of halogens is 1. The number of hydrogen-bond donors (Lipinski definition) is 0. The lowest BCUT2D eigenvalue weighted by Crippen LogP contribution is -1.99. The Labute approximate surface area is 118 Å². The summed E-state index contributed by atoms with van der Waals surface area (Å²) in [4.78, 5) is 0. The molecule has 0 bridgehead atoms. The Hall–Kier alpha value is -2.01. The van der Waals surface area contributed by atoms with Crippen LogP contribution >= 0.6 is 15.9 Å². The van der Waals surface area contributed by atoms with E-state index in [1.165, 1.54) is 5.56 Å². The highest BCUT2D eigenvalue weighted by atomic mass is 79.9. The summed E-state index contributed by atoms with van der Waals surface area (Å²) in [7, 11) is 0. The molecule has 3 rings (SSSR count). The first-order valence-corrected chi connectivity index (χ1v) is 6.58. The molecule has 19 heavy (non-hydrogen) atoms. The molecule has 4 nitrogen and oxygen atoms in total. The molecule has 2 aromatic heterocycles. The fourth-order valence-electron chi connectivity index (χ4n) is 1.72. The van der Waals surface area contributed by atoms with Crippen LogP contribution < -0.4 is 4.74 Å². The van der Waals surface area contributed by atoms with Crippen molar-refractivity contribution in [3.8, 4) is 11.7 Å². The van der Waals surface area contributed by atoms with Crippen molar-refractivity contribution in [2.45, 2.75) is 6.54 Å². The molecule has 0 N–H and O–H groups in total. The van der Waals surface area contributed by atoms with Gasteiger partial charge in [-0.1, -0.05) is 30.3 Å². The summed E-state index contributed by atoms with van der Waals surface area (Å²) in [5.74, 6) is 1.09. The van der Waals surface area contributed by atoms with E-state index in [4.69, 9.17) is 9.15 Å². The van der Waals surface area contributed by atoms with E-state index >= 15 is 0 Å². The first kappa shape index (κ1) is 12.0. The van der Waals surface area contributed by atoms with Crippen LogP contribution in [0.1, 0.15) is 5.56 Å². The molecule has 0 saturated heterocycles. The zero-order chi connectivity index (χ0) is 13.1. The summed E-state index contributed by atoms with van der Waals surface area (Å²) in [6.07, 6.45) is 3.50. The lowest BCUT2D eigenvalue weighted by molar-refractivity contribution is 0.338. The van der Waals surface area contributed by atoms with E-state index < -0.39 is 0 Å². The molecule has 0 atom stereocenters. The van der Waals surface area contributed by atoms with E-state index in [0.29, 0.717) is 22.9 Å². The summed E-state index contributed by atoms with van der Waals surface area (Å²) in [5.41, 5.74) is 1.19. The van der Waals surface area contributed by atoms with E-state index in [9.17, 15) is 0 Å². The Morgan fingerprint density at radius 1 is 1.16 bits per heavy atom. The van der Waals surface area contributed by atoms with Gasteiger partial charge in [0, 0.05) is 6.07 Å². The van der Waals surface area contributed by atoms with Gasteiger partial charge in [-0.25, -0.2) is 0 Å². The molecule has 0 amide bonds. The molecule has 0 aliphatic rings. The van der Waals surface area contributed by atoms with Gasteiger partial charge >= 0.3 is 0 Å². The molecule has 96 valence electrons. The highest BCUT2D eigenvalue weighted by molar-refractivity contribution is 9.10. The van der Waals surface area contributed by atoms with Gasteiger partial charge in [0.25, 0.3) is 5.95 Å². The van der Waals surface area contributed by atoms with Crippen molar-refractivity contribution in [1.29, 1.82) is 0 Å². The minimum absolute atomic E-state index is 0.436. The normalized spacial score (nSPS) is 10.6. The summed E-state index contributed by atoms with van der Waals surface area (Å²) in [5, 5.41) is 4.25. The summed E-state index contributed by atoms with van der Waals surface area (Å²) in [6, 6.07) is 13.7. The second-order valence-electron chi connectivity index (χ2n) is 4.02. The number of hydrogen-bond acceptors (Lipinski definition) is 3. The van der Waals surface area contributed by atoms with Crippen molar-refractivity contribution in [1.82, 2.24) is 9.78 Å². The zero-order valence-corrected chi connectivity index (χ0v) is 11.6. The third-order valence-corrected chi connectivity index (χ3v) is 2.99. The second kappa shape index (κ2) is 5.32. The van der Waals surface area contributed by atoms with Crippen molar-refractivity contribution < 1.29 is 9.15 Å². The third kappa shape index (κ3) is 3.06. The molecule has 0 saturated carbocycles. The average molecular weight is 319 g/mol. The topological polar surface area (TPSA) is 40.2 Å². The maximum Gasteiger partial charge on any atom is 0.291 e. The molecule has 1 aromatic carbocycles. The maximum atomic E-state index is 5.54. The van der Waals surface area contributed by atoms with Crippen molar-refractivity contribution >= 4 is 15.9 Å². The Morgan fingerprint density at radius 2 is 2.00 bits per heavy atom. The lowest BCUT2D eigenvalue weighted by atomic mass is 10.2. The van der Waals surface area contributed by atoms with Crippen LogP contribution in [0.2, 0.25) is 0 Å². The van der Waals surface area contributed by atoms with E-state index in [2.05, 4.69) is 33.2 Å². The maximum absolute atomic E-state index is 5.54. The van der Waals surface area contributed by atoms with Crippen LogP contribution in [0, 0.1) is 0 Å². The molecule has 5 heteroatoms. The zero-order valence-electron chi connectivity index (χ0n) is 9.99. The molecular formula is C14H11BrN2O2. The van der Waals surface area contributed by atoms with Gasteiger partial charge in [0.15, 0.2) is 10.4 Å². The Balaban J connectivity index is 1.69. The van der Waals surface area contributed by atoms with Crippen LogP contribution in [0.15, 0.2) is 63.9 Å². The predicted octanol–water partition coefficient (Wildman–Crippen LogP) is 4.08. The van der Waals surface area contributed by atoms with E-state index in [0.717, 1.165) is 0 Å². The van der Waals surface area contributed by atoms with Crippen molar-refractivity contribution in [2.24, 2.45) is 0 Å². The van der Waals surface area contributed by atoms with Gasteiger partial charge < -0.3 is 9.15 Å². The van der Waals surface area contributed by atoms with Gasteiger partial charge in [-0.3, -0.25) is 4.68 Å². The lowest BCUT2D eigenvalue weighted by Gasteiger charge is -2.00. The fraction of sp³-hybridized carbons (Fsp3) is 0.0714. The summed E-state index contributed by atoms with van der Waals surface area (Å²) >= 11 is 3.23. The molecule has 0 spiro atoms. The number of benzene rings is 1. The van der Waals surface area contributed by atoms with Crippen LogP contribution in [0.5, 0.6) is 11.7 Å². The molecular weight excluding hydrogens is 308 g/mol. The van der Waals surface area contributed by atoms with Crippen molar-refractivity contribution in [2.75, 3.05) is 0 Å². The van der Waals surface area contributed by atoms with Crippen LogP contribution in [0.4, 0.5) is 0 Å². The first-order chi connectivity index (χ1) is 9.29. The van der Waals surface area contributed by atoms with Gasteiger partial charge in [-0.15, -0.1) is 0 Å².